The van der Waals surface area contributed by atoms with Crippen LogP contribution in [0.2, 0.25) is 0 Å². The molecule has 152 valence electrons. The normalized spacial score (nSPS) is 16.7. The lowest BCUT2D eigenvalue weighted by atomic mass is 10.2. The van der Waals surface area contributed by atoms with Gasteiger partial charge in [0, 0.05) is 7.05 Å². The van der Waals surface area contributed by atoms with Gasteiger partial charge in [0.25, 0.3) is 5.91 Å². The van der Waals surface area contributed by atoms with E-state index in [0.29, 0.717) is 28.2 Å². The van der Waals surface area contributed by atoms with Crippen molar-refractivity contribution in [3.63, 3.8) is 0 Å². The molecule has 0 saturated carbocycles. The molecule has 0 spiro atoms. The van der Waals surface area contributed by atoms with Gasteiger partial charge >= 0.3 is 0 Å². The molecule has 2 aromatic carbocycles. The van der Waals surface area contributed by atoms with Gasteiger partial charge in [-0.25, -0.2) is 4.99 Å². The summed E-state index contributed by atoms with van der Waals surface area (Å²) >= 11 is 1.37. The van der Waals surface area contributed by atoms with Gasteiger partial charge in [-0.1, -0.05) is 32.0 Å². The van der Waals surface area contributed by atoms with Gasteiger partial charge in [-0.3, -0.25) is 9.69 Å². The van der Waals surface area contributed by atoms with Gasteiger partial charge in [-0.05, 0) is 66.1 Å². The lowest BCUT2D eigenvalue weighted by Crippen LogP contribution is -2.23. The molecule has 0 unspecified atom stereocenters. The molecule has 1 fully saturated rings. The third kappa shape index (κ3) is 5.01. The van der Waals surface area contributed by atoms with E-state index in [-0.39, 0.29) is 5.91 Å². The number of hydrogen-bond acceptors (Lipinski definition) is 5. The second kappa shape index (κ2) is 9.65. The molecule has 2 aromatic rings. The molecule has 1 amide bonds. The first kappa shape index (κ1) is 21.0. The van der Waals surface area contributed by atoms with Crippen molar-refractivity contribution in [3.05, 3.63) is 58.5 Å². The van der Waals surface area contributed by atoms with Crippen LogP contribution < -0.4 is 9.47 Å². The van der Waals surface area contributed by atoms with E-state index in [0.717, 1.165) is 24.1 Å². The minimum atomic E-state index is -0.0656. The van der Waals surface area contributed by atoms with Crippen LogP contribution in [0.4, 0.5) is 5.69 Å². The summed E-state index contributed by atoms with van der Waals surface area (Å²) in [5, 5.41) is 0.667. The molecule has 0 radical (unpaired) electrons. The maximum Gasteiger partial charge on any atom is 0.266 e. The predicted octanol–water partition coefficient (Wildman–Crippen LogP) is 5.28. The summed E-state index contributed by atoms with van der Waals surface area (Å²) in [5.74, 6) is 1.29. The molecule has 1 aliphatic rings. The van der Waals surface area contributed by atoms with Crippen molar-refractivity contribution in [2.24, 2.45) is 4.99 Å². The number of aryl methyl sites for hydroxylation is 1. The lowest BCUT2D eigenvalue weighted by Gasteiger charge is -2.10. The second-order valence-corrected chi connectivity index (χ2v) is 7.66. The second-order valence-electron chi connectivity index (χ2n) is 6.65. The van der Waals surface area contributed by atoms with Crippen LogP contribution in [-0.2, 0) is 11.2 Å². The van der Waals surface area contributed by atoms with Crippen LogP contribution >= 0.6 is 11.8 Å². The first-order chi connectivity index (χ1) is 14.0. The maximum atomic E-state index is 12.7. The molecule has 5 nitrogen and oxygen atoms in total. The van der Waals surface area contributed by atoms with Crippen LogP contribution in [0.3, 0.4) is 0 Å². The number of amides is 1. The van der Waals surface area contributed by atoms with Gasteiger partial charge in [0.2, 0.25) is 0 Å². The van der Waals surface area contributed by atoms with Crippen molar-refractivity contribution < 1.29 is 14.3 Å². The fourth-order valence-electron chi connectivity index (χ4n) is 2.82. The molecular weight excluding hydrogens is 384 g/mol. The Morgan fingerprint density at radius 3 is 2.52 bits per heavy atom. The van der Waals surface area contributed by atoms with Crippen LogP contribution in [-0.4, -0.2) is 36.7 Å². The Morgan fingerprint density at radius 2 is 1.86 bits per heavy atom. The highest BCUT2D eigenvalue weighted by atomic mass is 32.2. The Bertz CT molecular complexity index is 936. The molecule has 0 atom stereocenters. The van der Waals surface area contributed by atoms with Crippen LogP contribution in [0, 0.1) is 0 Å². The van der Waals surface area contributed by atoms with Crippen LogP contribution in [0.25, 0.3) is 6.08 Å². The van der Waals surface area contributed by atoms with Gasteiger partial charge in [-0.2, -0.15) is 0 Å². The minimum Gasteiger partial charge on any atom is -0.493 e. The van der Waals surface area contributed by atoms with E-state index in [1.807, 2.05) is 36.4 Å². The molecule has 1 saturated heterocycles. The Kier molecular flexibility index (Phi) is 6.99. The molecule has 0 bridgehead atoms. The quantitative estimate of drug-likeness (QED) is 0.583. The third-order valence-electron chi connectivity index (χ3n) is 4.52. The highest BCUT2D eigenvalue weighted by molar-refractivity contribution is 8.18. The number of benzene rings is 2. The highest BCUT2D eigenvalue weighted by Crippen LogP contribution is 2.35. The SMILES string of the molecule is CCCOc1ccc(/C=C2/SC(=Nc3ccc(CC)cc3)N(C)C2=O)cc1OC. The van der Waals surface area contributed by atoms with E-state index < -0.39 is 0 Å². The number of carbonyl (C=O) groups is 1. The number of rotatable bonds is 7. The fourth-order valence-corrected chi connectivity index (χ4v) is 3.81. The lowest BCUT2D eigenvalue weighted by molar-refractivity contribution is -0.121. The molecular formula is C23H26N2O3S. The highest BCUT2D eigenvalue weighted by Gasteiger charge is 2.30. The van der Waals surface area contributed by atoms with E-state index in [1.54, 1.807) is 19.1 Å². The number of likely N-dealkylation sites (N-methyl/N-ethyl adjacent to an activating group) is 1. The van der Waals surface area contributed by atoms with Crippen molar-refractivity contribution in [3.8, 4) is 11.5 Å². The third-order valence-corrected chi connectivity index (χ3v) is 5.58. The van der Waals surface area contributed by atoms with Crippen LogP contribution in [0.5, 0.6) is 11.5 Å². The number of ether oxygens (including phenoxy) is 2. The van der Waals surface area contributed by atoms with E-state index in [2.05, 4.69) is 31.0 Å². The van der Waals surface area contributed by atoms with E-state index in [4.69, 9.17) is 9.47 Å². The molecule has 6 heteroatoms. The minimum absolute atomic E-state index is 0.0656. The zero-order valence-corrected chi connectivity index (χ0v) is 18.1. The predicted molar refractivity (Wildman–Crippen MR) is 120 cm³/mol. The molecule has 0 aliphatic carbocycles. The fraction of sp³-hybridized carbons (Fsp3) is 0.304. The monoisotopic (exact) mass is 410 g/mol. The Labute approximate surface area is 176 Å². The topological polar surface area (TPSA) is 51.1 Å². The largest absolute Gasteiger partial charge is 0.493 e. The molecule has 0 N–H and O–H groups in total. The standard InChI is InChI=1S/C23H26N2O3S/c1-5-13-28-19-12-9-17(14-20(19)27-4)15-21-22(26)25(3)23(29-21)24-18-10-7-16(6-2)8-11-18/h7-12,14-15H,5-6,13H2,1-4H3/b21-15+,24-23?. The van der Waals surface area contributed by atoms with Gasteiger partial charge in [-0.15, -0.1) is 0 Å². The molecule has 0 aromatic heterocycles. The molecule has 1 heterocycles. The summed E-state index contributed by atoms with van der Waals surface area (Å²) in [4.78, 5) is 19.5. The number of hydrogen-bond donors (Lipinski definition) is 0. The van der Waals surface area contributed by atoms with Crippen molar-refractivity contribution in [1.29, 1.82) is 0 Å². The maximum absolute atomic E-state index is 12.7. The zero-order valence-electron chi connectivity index (χ0n) is 17.3. The smallest absolute Gasteiger partial charge is 0.266 e. The van der Waals surface area contributed by atoms with Gasteiger partial charge in [0.1, 0.15) is 0 Å². The average Bonchev–Trinajstić information content (AvgIpc) is 3.01. The summed E-state index contributed by atoms with van der Waals surface area (Å²) in [6, 6.07) is 13.8. The van der Waals surface area contributed by atoms with E-state index in [9.17, 15) is 4.79 Å². The molecule has 3 rings (SSSR count). The summed E-state index contributed by atoms with van der Waals surface area (Å²) < 4.78 is 11.1. The first-order valence-corrected chi connectivity index (χ1v) is 10.5. The summed E-state index contributed by atoms with van der Waals surface area (Å²) in [7, 11) is 3.36. The van der Waals surface area contributed by atoms with Crippen LogP contribution in [0.1, 0.15) is 31.4 Å². The Balaban J connectivity index is 1.82. The van der Waals surface area contributed by atoms with Crippen molar-refractivity contribution in [2.75, 3.05) is 20.8 Å². The number of carbonyl (C=O) groups excluding carboxylic acids is 1. The van der Waals surface area contributed by atoms with Gasteiger partial charge in [0.15, 0.2) is 16.7 Å². The van der Waals surface area contributed by atoms with Gasteiger partial charge < -0.3 is 9.47 Å². The number of nitrogens with zero attached hydrogens (tertiary/aromatic N) is 2. The van der Waals surface area contributed by atoms with E-state index >= 15 is 0 Å². The molecule has 1 aliphatic heterocycles. The van der Waals surface area contributed by atoms with Crippen molar-refractivity contribution in [2.45, 2.75) is 26.7 Å². The Hall–Kier alpha value is -2.73. The average molecular weight is 411 g/mol. The number of aliphatic imine (C=N–C) groups is 1. The summed E-state index contributed by atoms with van der Waals surface area (Å²) in [6.07, 6.45) is 3.77. The van der Waals surface area contributed by atoms with Crippen molar-refractivity contribution in [1.82, 2.24) is 4.90 Å². The Morgan fingerprint density at radius 1 is 1.10 bits per heavy atom. The summed E-state index contributed by atoms with van der Waals surface area (Å²) in [5.41, 5.74) is 2.98. The zero-order chi connectivity index (χ0) is 20.8. The van der Waals surface area contributed by atoms with Gasteiger partial charge in [0.05, 0.1) is 24.3 Å². The molecule has 29 heavy (non-hydrogen) atoms. The van der Waals surface area contributed by atoms with Crippen molar-refractivity contribution >= 4 is 34.6 Å². The summed E-state index contributed by atoms with van der Waals surface area (Å²) in [6.45, 7) is 4.81. The number of amidine groups is 1. The van der Waals surface area contributed by atoms with E-state index in [1.165, 1.54) is 17.3 Å². The first-order valence-electron chi connectivity index (χ1n) is 9.71. The van der Waals surface area contributed by atoms with Crippen LogP contribution in [0.15, 0.2) is 52.4 Å². The number of thioether (sulfide) groups is 1. The number of methoxy groups -OCH3 is 1.